The Morgan fingerprint density at radius 1 is 1.20 bits per heavy atom. The van der Waals surface area contributed by atoms with Crippen molar-refractivity contribution in [2.24, 2.45) is 5.41 Å². The molecule has 0 atom stereocenters. The lowest BCUT2D eigenvalue weighted by Gasteiger charge is -2.29. The van der Waals surface area contributed by atoms with Crippen LogP contribution in [0.4, 0.5) is 0 Å². The van der Waals surface area contributed by atoms with E-state index in [4.69, 9.17) is 0 Å². The lowest BCUT2D eigenvalue weighted by Crippen LogP contribution is -2.44. The van der Waals surface area contributed by atoms with Gasteiger partial charge in [0.2, 0.25) is 11.8 Å². The zero-order valence-corrected chi connectivity index (χ0v) is 12.7. The summed E-state index contributed by atoms with van der Waals surface area (Å²) in [6, 6.07) is 2.18. The molecule has 0 aromatic heterocycles. The van der Waals surface area contributed by atoms with Gasteiger partial charge >= 0.3 is 0 Å². The second-order valence-corrected chi connectivity index (χ2v) is 6.56. The molecule has 2 amide bonds. The molecule has 0 aromatic carbocycles. The molecule has 0 aromatic rings. The van der Waals surface area contributed by atoms with Crippen molar-refractivity contribution in [3.8, 4) is 6.07 Å². The van der Waals surface area contributed by atoms with Crippen LogP contribution in [0.25, 0.3) is 0 Å². The highest BCUT2D eigenvalue weighted by Crippen LogP contribution is 2.35. The summed E-state index contributed by atoms with van der Waals surface area (Å²) in [7, 11) is 0. The van der Waals surface area contributed by atoms with Gasteiger partial charge in [0.15, 0.2) is 0 Å². The Hall–Kier alpha value is -1.57. The Balaban J connectivity index is 2.39. The predicted molar refractivity (Wildman–Crippen MR) is 76.7 cm³/mol. The predicted octanol–water partition coefficient (Wildman–Crippen LogP) is 1.88. The molecule has 112 valence electrons. The molecule has 0 heterocycles. The van der Waals surface area contributed by atoms with Gasteiger partial charge in [0.1, 0.15) is 5.41 Å². The van der Waals surface area contributed by atoms with Gasteiger partial charge < -0.3 is 10.6 Å². The van der Waals surface area contributed by atoms with Gasteiger partial charge in [-0.05, 0) is 33.6 Å². The average molecular weight is 279 g/mol. The van der Waals surface area contributed by atoms with Gasteiger partial charge in [-0.15, -0.1) is 0 Å². The lowest BCUT2D eigenvalue weighted by molar-refractivity contribution is -0.129. The minimum atomic E-state index is -0.876. The Bertz CT molecular complexity index is 398. The number of nitrogens with one attached hydrogen (secondary N) is 2. The van der Waals surface area contributed by atoms with Gasteiger partial charge in [-0.1, -0.05) is 19.3 Å². The molecule has 0 unspecified atom stereocenters. The molecule has 0 spiro atoms. The smallest absolute Gasteiger partial charge is 0.240 e. The van der Waals surface area contributed by atoms with E-state index in [-0.39, 0.29) is 30.3 Å². The van der Waals surface area contributed by atoms with Gasteiger partial charge in [0, 0.05) is 18.5 Å². The molecule has 5 nitrogen and oxygen atoms in total. The highest BCUT2D eigenvalue weighted by atomic mass is 16.2. The number of hydrogen-bond donors (Lipinski definition) is 2. The van der Waals surface area contributed by atoms with Crippen molar-refractivity contribution >= 4 is 11.8 Å². The van der Waals surface area contributed by atoms with Crippen molar-refractivity contribution in [2.75, 3.05) is 6.54 Å². The van der Waals surface area contributed by atoms with E-state index in [1.165, 1.54) is 0 Å². The molecular formula is C15H25N3O2. The topological polar surface area (TPSA) is 82.0 Å². The first-order valence-electron chi connectivity index (χ1n) is 7.30. The monoisotopic (exact) mass is 279 g/mol. The first-order valence-corrected chi connectivity index (χ1v) is 7.30. The molecule has 1 aliphatic rings. The molecule has 0 bridgehead atoms. The van der Waals surface area contributed by atoms with E-state index in [9.17, 15) is 14.9 Å². The van der Waals surface area contributed by atoms with Crippen LogP contribution < -0.4 is 10.6 Å². The van der Waals surface area contributed by atoms with Crippen molar-refractivity contribution in [1.29, 1.82) is 5.26 Å². The number of nitriles is 1. The Morgan fingerprint density at radius 2 is 1.80 bits per heavy atom. The third kappa shape index (κ3) is 4.84. The van der Waals surface area contributed by atoms with Crippen LogP contribution in [0.5, 0.6) is 0 Å². The summed E-state index contributed by atoms with van der Waals surface area (Å²) in [6.45, 7) is 6.02. The van der Waals surface area contributed by atoms with Gasteiger partial charge in [-0.2, -0.15) is 5.26 Å². The maximum Gasteiger partial charge on any atom is 0.240 e. The number of carbonyl (C=O) groups is 2. The maximum absolute atomic E-state index is 12.2. The quantitative estimate of drug-likeness (QED) is 0.824. The summed E-state index contributed by atoms with van der Waals surface area (Å²) in [6.07, 6.45) is 4.43. The van der Waals surface area contributed by atoms with Crippen LogP contribution in [0.3, 0.4) is 0 Å². The summed E-state index contributed by atoms with van der Waals surface area (Å²) >= 11 is 0. The van der Waals surface area contributed by atoms with Gasteiger partial charge in [-0.3, -0.25) is 9.59 Å². The highest BCUT2D eigenvalue weighted by Gasteiger charge is 2.39. The molecule has 0 saturated heterocycles. The zero-order valence-electron chi connectivity index (χ0n) is 12.7. The van der Waals surface area contributed by atoms with Crippen molar-refractivity contribution in [3.05, 3.63) is 0 Å². The average Bonchev–Trinajstić information content (AvgIpc) is 2.37. The number of nitrogens with zero attached hydrogens (tertiary/aromatic N) is 1. The summed E-state index contributed by atoms with van der Waals surface area (Å²) in [5.74, 6) is -0.310. The molecule has 1 rings (SSSR count). The van der Waals surface area contributed by atoms with E-state index in [0.717, 1.165) is 19.3 Å². The SMILES string of the molecule is CC(C)(C)NC(=O)CCNC(=O)C1(C#N)CCCCC1. The Morgan fingerprint density at radius 3 is 2.30 bits per heavy atom. The first-order chi connectivity index (χ1) is 9.29. The van der Waals surface area contributed by atoms with Crippen LogP contribution >= 0.6 is 0 Å². The van der Waals surface area contributed by atoms with Crippen LogP contribution in [0.2, 0.25) is 0 Å². The van der Waals surface area contributed by atoms with Crippen LogP contribution in [-0.2, 0) is 9.59 Å². The number of rotatable bonds is 4. The fourth-order valence-corrected chi connectivity index (χ4v) is 2.48. The molecule has 2 N–H and O–H groups in total. The molecular weight excluding hydrogens is 254 g/mol. The van der Waals surface area contributed by atoms with Crippen molar-refractivity contribution in [1.82, 2.24) is 10.6 Å². The second kappa shape index (κ2) is 6.74. The number of carbonyl (C=O) groups excluding carboxylic acids is 2. The fraction of sp³-hybridized carbons (Fsp3) is 0.800. The van der Waals surface area contributed by atoms with E-state index in [2.05, 4.69) is 16.7 Å². The van der Waals surface area contributed by atoms with E-state index >= 15 is 0 Å². The normalized spacial score (nSPS) is 17.9. The molecule has 0 aliphatic heterocycles. The first kappa shape index (κ1) is 16.5. The molecule has 20 heavy (non-hydrogen) atoms. The van der Waals surface area contributed by atoms with E-state index in [1.807, 2.05) is 20.8 Å². The minimum absolute atomic E-state index is 0.0903. The van der Waals surface area contributed by atoms with Crippen molar-refractivity contribution in [2.45, 2.75) is 64.8 Å². The van der Waals surface area contributed by atoms with Crippen molar-refractivity contribution < 1.29 is 9.59 Å². The van der Waals surface area contributed by atoms with Crippen LogP contribution in [0.15, 0.2) is 0 Å². The zero-order chi connectivity index (χ0) is 15.2. The summed E-state index contributed by atoms with van der Waals surface area (Å²) in [5.41, 5.74) is -1.14. The standard InChI is InChI=1S/C15H25N3O2/c1-14(2,3)18-12(19)7-10-17-13(20)15(11-16)8-5-4-6-9-15/h4-10H2,1-3H3,(H,17,20)(H,18,19). The number of hydrogen-bond acceptors (Lipinski definition) is 3. The summed E-state index contributed by atoms with van der Waals surface area (Å²) < 4.78 is 0. The van der Waals surface area contributed by atoms with Crippen LogP contribution in [-0.4, -0.2) is 23.9 Å². The molecule has 1 fully saturated rings. The largest absolute Gasteiger partial charge is 0.354 e. The minimum Gasteiger partial charge on any atom is -0.354 e. The van der Waals surface area contributed by atoms with Crippen LogP contribution in [0, 0.1) is 16.7 Å². The molecule has 0 radical (unpaired) electrons. The van der Waals surface area contributed by atoms with E-state index < -0.39 is 5.41 Å². The third-order valence-electron chi connectivity index (χ3n) is 3.51. The second-order valence-electron chi connectivity index (χ2n) is 6.56. The Labute approximate surface area is 121 Å². The van der Waals surface area contributed by atoms with E-state index in [1.54, 1.807) is 0 Å². The summed E-state index contributed by atoms with van der Waals surface area (Å²) in [4.78, 5) is 23.8. The maximum atomic E-state index is 12.2. The molecule has 1 saturated carbocycles. The van der Waals surface area contributed by atoms with Gasteiger partial charge in [0.05, 0.1) is 6.07 Å². The van der Waals surface area contributed by atoms with Gasteiger partial charge in [0.25, 0.3) is 0 Å². The number of amides is 2. The molecule has 5 heteroatoms. The van der Waals surface area contributed by atoms with Crippen LogP contribution in [0.1, 0.15) is 59.3 Å². The third-order valence-corrected chi connectivity index (χ3v) is 3.51. The lowest BCUT2D eigenvalue weighted by atomic mass is 9.74. The van der Waals surface area contributed by atoms with Crippen molar-refractivity contribution in [3.63, 3.8) is 0 Å². The summed E-state index contributed by atoms with van der Waals surface area (Å²) in [5, 5.41) is 14.9. The molecule has 1 aliphatic carbocycles. The Kier molecular flexibility index (Phi) is 5.55. The van der Waals surface area contributed by atoms with Gasteiger partial charge in [-0.25, -0.2) is 0 Å². The van der Waals surface area contributed by atoms with E-state index in [0.29, 0.717) is 12.8 Å². The fourth-order valence-electron chi connectivity index (χ4n) is 2.48. The highest BCUT2D eigenvalue weighted by molar-refractivity contribution is 5.86.